The molecule has 1 aromatic rings. The number of ketones is 1. The molecule has 1 saturated heterocycles. The van der Waals surface area contributed by atoms with Gasteiger partial charge in [0.2, 0.25) is 0 Å². The van der Waals surface area contributed by atoms with Gasteiger partial charge in [-0.3, -0.25) is 9.63 Å². The van der Waals surface area contributed by atoms with Crippen LogP contribution in [0.1, 0.15) is 23.2 Å². The first-order valence-corrected chi connectivity index (χ1v) is 6.39. The van der Waals surface area contributed by atoms with E-state index in [9.17, 15) is 9.59 Å². The van der Waals surface area contributed by atoms with E-state index in [0.717, 1.165) is 5.56 Å². The molecular formula is C14H18N2O3. The van der Waals surface area contributed by atoms with Crippen LogP contribution >= 0.6 is 0 Å². The van der Waals surface area contributed by atoms with Gasteiger partial charge in [0, 0.05) is 24.6 Å². The molecule has 2 amide bonds. The van der Waals surface area contributed by atoms with Gasteiger partial charge >= 0.3 is 6.03 Å². The summed E-state index contributed by atoms with van der Waals surface area (Å²) >= 11 is 0. The van der Waals surface area contributed by atoms with Crippen LogP contribution in [0.5, 0.6) is 0 Å². The maximum Gasteiger partial charge on any atom is 0.341 e. The molecule has 0 aromatic heterocycles. The van der Waals surface area contributed by atoms with E-state index < -0.39 is 0 Å². The summed E-state index contributed by atoms with van der Waals surface area (Å²) in [7, 11) is 1.41. The number of rotatable bonds is 3. The molecule has 1 aliphatic rings. The van der Waals surface area contributed by atoms with E-state index in [2.05, 4.69) is 10.3 Å². The average molecular weight is 262 g/mol. The summed E-state index contributed by atoms with van der Waals surface area (Å²) < 4.78 is 0. The second-order valence-electron chi connectivity index (χ2n) is 4.60. The molecule has 1 N–H and O–H groups in total. The summed E-state index contributed by atoms with van der Waals surface area (Å²) in [5.41, 5.74) is 3.05. The van der Waals surface area contributed by atoms with Crippen molar-refractivity contribution in [1.29, 1.82) is 0 Å². The lowest BCUT2D eigenvalue weighted by Gasteiger charge is -2.30. The lowest BCUT2D eigenvalue weighted by molar-refractivity contribution is 0.0721. The molecule has 2 rings (SSSR count). The van der Waals surface area contributed by atoms with Crippen LogP contribution in [0.4, 0.5) is 4.79 Å². The van der Waals surface area contributed by atoms with Crippen LogP contribution < -0.4 is 5.48 Å². The molecule has 19 heavy (non-hydrogen) atoms. The average Bonchev–Trinajstić information content (AvgIpc) is 2.48. The van der Waals surface area contributed by atoms with Gasteiger partial charge in [-0.2, -0.15) is 0 Å². The molecule has 0 saturated carbocycles. The fourth-order valence-corrected chi connectivity index (χ4v) is 2.33. The van der Waals surface area contributed by atoms with Gasteiger partial charge in [0.25, 0.3) is 0 Å². The van der Waals surface area contributed by atoms with Crippen molar-refractivity contribution in [2.24, 2.45) is 5.92 Å². The fraction of sp³-hybridized carbons (Fsp3) is 0.429. The number of piperidine rings is 1. The van der Waals surface area contributed by atoms with E-state index in [-0.39, 0.29) is 17.7 Å². The molecule has 0 unspecified atom stereocenters. The van der Waals surface area contributed by atoms with Crippen LogP contribution in [0.25, 0.3) is 0 Å². The SMILES string of the molecule is CONC(=O)N1CCC(C(=O)c2ccccc2)CC1. The zero-order valence-electron chi connectivity index (χ0n) is 11.0. The van der Waals surface area contributed by atoms with Crippen molar-refractivity contribution < 1.29 is 14.4 Å². The van der Waals surface area contributed by atoms with E-state index in [0.29, 0.717) is 25.9 Å². The van der Waals surface area contributed by atoms with E-state index in [1.807, 2.05) is 30.3 Å². The van der Waals surface area contributed by atoms with Gasteiger partial charge in [-0.15, -0.1) is 0 Å². The van der Waals surface area contributed by atoms with Crippen molar-refractivity contribution in [3.63, 3.8) is 0 Å². The van der Waals surface area contributed by atoms with Crippen LogP contribution in [0.2, 0.25) is 0 Å². The summed E-state index contributed by atoms with van der Waals surface area (Å²) in [4.78, 5) is 30.1. The molecule has 5 nitrogen and oxygen atoms in total. The normalized spacial score (nSPS) is 16.2. The molecule has 0 atom stereocenters. The number of likely N-dealkylation sites (tertiary alicyclic amines) is 1. The van der Waals surface area contributed by atoms with Gasteiger partial charge in [0.05, 0.1) is 7.11 Å². The number of benzene rings is 1. The Labute approximate surface area is 112 Å². The molecule has 1 aromatic carbocycles. The fourth-order valence-electron chi connectivity index (χ4n) is 2.33. The highest BCUT2D eigenvalue weighted by molar-refractivity contribution is 5.97. The van der Waals surface area contributed by atoms with Gasteiger partial charge in [-0.25, -0.2) is 10.3 Å². The van der Waals surface area contributed by atoms with Crippen LogP contribution in [-0.2, 0) is 4.84 Å². The molecule has 1 aliphatic heterocycles. The Bertz CT molecular complexity index is 439. The third-order valence-electron chi connectivity index (χ3n) is 3.40. The topological polar surface area (TPSA) is 58.6 Å². The second kappa shape index (κ2) is 6.33. The predicted octanol–water partition coefficient (Wildman–Crippen LogP) is 1.85. The summed E-state index contributed by atoms with van der Waals surface area (Å²) in [5.74, 6) is 0.182. The Kier molecular flexibility index (Phi) is 4.52. The van der Waals surface area contributed by atoms with E-state index in [1.165, 1.54) is 7.11 Å². The van der Waals surface area contributed by atoms with Gasteiger partial charge in [-0.05, 0) is 12.8 Å². The number of nitrogens with one attached hydrogen (secondary N) is 1. The van der Waals surface area contributed by atoms with Crippen molar-refractivity contribution in [2.75, 3.05) is 20.2 Å². The smallest absolute Gasteiger partial charge is 0.323 e. The van der Waals surface area contributed by atoms with Crippen molar-refractivity contribution >= 4 is 11.8 Å². The molecule has 0 spiro atoms. The Balaban J connectivity index is 1.90. The number of Topliss-reactive ketones (excluding diaryl/α,β-unsaturated/α-hetero) is 1. The third-order valence-corrected chi connectivity index (χ3v) is 3.40. The van der Waals surface area contributed by atoms with Crippen molar-refractivity contribution in [3.8, 4) is 0 Å². The second-order valence-corrected chi connectivity index (χ2v) is 4.60. The molecule has 102 valence electrons. The van der Waals surface area contributed by atoms with Gasteiger partial charge in [0.15, 0.2) is 5.78 Å². The first kappa shape index (κ1) is 13.5. The van der Waals surface area contributed by atoms with Crippen molar-refractivity contribution in [3.05, 3.63) is 35.9 Å². The number of carbonyl (C=O) groups excluding carboxylic acids is 2. The van der Waals surface area contributed by atoms with Crippen molar-refractivity contribution in [1.82, 2.24) is 10.4 Å². The van der Waals surface area contributed by atoms with Crippen LogP contribution in [-0.4, -0.2) is 36.9 Å². The lowest BCUT2D eigenvalue weighted by Crippen LogP contribution is -2.45. The Hall–Kier alpha value is -1.88. The number of hydrogen-bond acceptors (Lipinski definition) is 3. The van der Waals surface area contributed by atoms with Gasteiger partial charge in [0.1, 0.15) is 0 Å². The lowest BCUT2D eigenvalue weighted by atomic mass is 9.89. The summed E-state index contributed by atoms with van der Waals surface area (Å²) in [6.45, 7) is 1.16. The standard InChI is InChI=1S/C14H18N2O3/c1-19-15-14(18)16-9-7-12(8-10-16)13(17)11-5-3-2-4-6-11/h2-6,12H,7-10H2,1H3,(H,15,18). The quantitative estimate of drug-likeness (QED) is 0.668. The van der Waals surface area contributed by atoms with Gasteiger partial charge in [-0.1, -0.05) is 30.3 Å². The largest absolute Gasteiger partial charge is 0.341 e. The maximum atomic E-state index is 12.3. The molecule has 0 radical (unpaired) electrons. The van der Waals surface area contributed by atoms with E-state index >= 15 is 0 Å². The summed E-state index contributed by atoms with van der Waals surface area (Å²) in [6, 6.07) is 9.07. The first-order chi connectivity index (χ1) is 9.22. The minimum atomic E-state index is -0.242. The molecule has 1 fully saturated rings. The molecule has 1 heterocycles. The maximum absolute atomic E-state index is 12.3. The summed E-state index contributed by atoms with van der Waals surface area (Å²) in [6.07, 6.45) is 1.40. The highest BCUT2D eigenvalue weighted by Gasteiger charge is 2.27. The summed E-state index contributed by atoms with van der Waals surface area (Å²) in [5, 5.41) is 0. The first-order valence-electron chi connectivity index (χ1n) is 6.39. The number of carbonyl (C=O) groups is 2. The van der Waals surface area contributed by atoms with E-state index in [4.69, 9.17) is 0 Å². The van der Waals surface area contributed by atoms with Crippen LogP contribution in [0.3, 0.4) is 0 Å². The molecular weight excluding hydrogens is 244 g/mol. The Morgan fingerprint density at radius 3 is 2.42 bits per heavy atom. The number of hydrogen-bond donors (Lipinski definition) is 1. The van der Waals surface area contributed by atoms with Crippen molar-refractivity contribution in [2.45, 2.75) is 12.8 Å². The van der Waals surface area contributed by atoms with Gasteiger partial charge < -0.3 is 4.90 Å². The minimum Gasteiger partial charge on any atom is -0.323 e. The number of urea groups is 1. The number of nitrogens with zero attached hydrogens (tertiary/aromatic N) is 1. The molecule has 0 bridgehead atoms. The third kappa shape index (κ3) is 3.32. The van der Waals surface area contributed by atoms with Crippen LogP contribution in [0, 0.1) is 5.92 Å². The molecule has 5 heteroatoms. The van der Waals surface area contributed by atoms with E-state index in [1.54, 1.807) is 4.90 Å². The Morgan fingerprint density at radius 2 is 1.84 bits per heavy atom. The highest BCUT2D eigenvalue weighted by Crippen LogP contribution is 2.21. The zero-order chi connectivity index (χ0) is 13.7. The van der Waals surface area contributed by atoms with Crippen LogP contribution in [0.15, 0.2) is 30.3 Å². The monoisotopic (exact) mass is 262 g/mol. The minimum absolute atomic E-state index is 0.00833. The Morgan fingerprint density at radius 1 is 1.21 bits per heavy atom. The highest BCUT2D eigenvalue weighted by atomic mass is 16.6. The predicted molar refractivity (Wildman–Crippen MR) is 70.6 cm³/mol. The number of hydroxylamine groups is 1. The zero-order valence-corrected chi connectivity index (χ0v) is 11.0. The number of amides is 2. The molecule has 0 aliphatic carbocycles.